The number of para-hydroxylation sites is 1. The first-order valence-corrected chi connectivity index (χ1v) is 8.98. The molecule has 2 aromatic carbocycles. The fraction of sp³-hybridized carbons (Fsp3) is 0.118. The molecule has 0 aliphatic heterocycles. The van der Waals surface area contributed by atoms with Crippen molar-refractivity contribution in [1.82, 2.24) is 20.2 Å². The zero-order valence-corrected chi connectivity index (χ0v) is 15.5. The van der Waals surface area contributed by atoms with E-state index in [4.69, 9.17) is 16.3 Å². The lowest BCUT2D eigenvalue weighted by Gasteiger charge is -2.11. The number of benzene rings is 2. The molecule has 0 saturated carbocycles. The van der Waals surface area contributed by atoms with Crippen LogP contribution >= 0.6 is 23.4 Å². The predicted octanol–water partition coefficient (Wildman–Crippen LogP) is 2.66. The Labute approximate surface area is 163 Å². The number of rotatable bonds is 7. The molecule has 0 fully saturated rings. The fourth-order valence-corrected chi connectivity index (χ4v) is 3.08. The largest absolute Gasteiger partial charge is 0.454 e. The van der Waals surface area contributed by atoms with Gasteiger partial charge in [0.15, 0.2) is 6.61 Å². The van der Waals surface area contributed by atoms with Crippen molar-refractivity contribution in [3.05, 3.63) is 59.9 Å². The zero-order valence-electron chi connectivity index (χ0n) is 13.9. The molecule has 0 atom stereocenters. The number of hydrogen-bond donors (Lipinski definition) is 1. The number of ether oxygens (including phenoxy) is 1. The topological polar surface area (TPSA) is 99.0 Å². The lowest BCUT2D eigenvalue weighted by atomic mass is 10.3. The molecule has 1 amide bonds. The average molecular weight is 404 g/mol. The van der Waals surface area contributed by atoms with Gasteiger partial charge in [0.05, 0.1) is 5.69 Å². The number of amides is 1. The van der Waals surface area contributed by atoms with Gasteiger partial charge in [0.25, 0.3) is 5.91 Å². The van der Waals surface area contributed by atoms with Gasteiger partial charge in [0.1, 0.15) is 12.9 Å². The fourth-order valence-electron chi connectivity index (χ4n) is 2.05. The highest BCUT2D eigenvalue weighted by Crippen LogP contribution is 2.33. The molecule has 8 nitrogen and oxygen atoms in total. The Balaban J connectivity index is 1.56. The van der Waals surface area contributed by atoms with Gasteiger partial charge in [-0.25, -0.2) is 4.68 Å². The molecule has 0 saturated heterocycles. The van der Waals surface area contributed by atoms with Gasteiger partial charge >= 0.3 is 5.97 Å². The van der Waals surface area contributed by atoms with Crippen LogP contribution in [-0.2, 0) is 20.9 Å². The van der Waals surface area contributed by atoms with Gasteiger partial charge in [-0.3, -0.25) is 9.59 Å². The molecular weight excluding hydrogens is 390 g/mol. The van der Waals surface area contributed by atoms with Crippen molar-refractivity contribution in [3.63, 3.8) is 0 Å². The number of tetrazole rings is 1. The number of esters is 1. The second-order valence-electron chi connectivity index (χ2n) is 5.27. The van der Waals surface area contributed by atoms with E-state index in [1.54, 1.807) is 18.2 Å². The van der Waals surface area contributed by atoms with E-state index in [1.165, 1.54) is 22.8 Å². The van der Waals surface area contributed by atoms with Crippen molar-refractivity contribution in [3.8, 4) is 0 Å². The summed E-state index contributed by atoms with van der Waals surface area (Å²) >= 11 is 7.39. The minimum atomic E-state index is -0.610. The smallest absolute Gasteiger partial charge is 0.328 e. The third kappa shape index (κ3) is 5.80. The molecule has 0 radical (unpaired) electrons. The van der Waals surface area contributed by atoms with E-state index in [0.29, 0.717) is 10.7 Å². The lowest BCUT2D eigenvalue weighted by molar-refractivity contribution is -0.148. The summed E-state index contributed by atoms with van der Waals surface area (Å²) in [6.45, 7) is -0.565. The van der Waals surface area contributed by atoms with E-state index in [1.807, 2.05) is 30.3 Å². The van der Waals surface area contributed by atoms with Gasteiger partial charge < -0.3 is 10.1 Å². The molecule has 3 aromatic rings. The molecule has 0 bridgehead atoms. The molecule has 3 rings (SSSR count). The van der Waals surface area contributed by atoms with Gasteiger partial charge in [-0.1, -0.05) is 35.5 Å². The van der Waals surface area contributed by atoms with Crippen molar-refractivity contribution in [2.24, 2.45) is 0 Å². The van der Waals surface area contributed by atoms with Gasteiger partial charge in [0, 0.05) is 14.8 Å². The summed E-state index contributed by atoms with van der Waals surface area (Å²) in [7, 11) is 0. The van der Waals surface area contributed by atoms with Crippen LogP contribution in [0.1, 0.15) is 0 Å². The Morgan fingerprint density at radius 3 is 2.67 bits per heavy atom. The van der Waals surface area contributed by atoms with Crippen LogP contribution in [0.25, 0.3) is 0 Å². The Morgan fingerprint density at radius 1 is 1.15 bits per heavy atom. The lowest BCUT2D eigenvalue weighted by Crippen LogP contribution is -2.23. The van der Waals surface area contributed by atoms with Crippen molar-refractivity contribution in [2.75, 3.05) is 11.9 Å². The van der Waals surface area contributed by atoms with Crippen molar-refractivity contribution in [2.45, 2.75) is 16.3 Å². The molecule has 0 unspecified atom stereocenters. The van der Waals surface area contributed by atoms with Gasteiger partial charge in [0.2, 0.25) is 0 Å². The number of anilines is 1. The molecule has 27 heavy (non-hydrogen) atoms. The molecule has 1 N–H and O–H groups in total. The molecule has 1 heterocycles. The van der Waals surface area contributed by atoms with E-state index in [0.717, 1.165) is 9.79 Å². The molecule has 1 aromatic heterocycles. The Morgan fingerprint density at radius 2 is 1.93 bits per heavy atom. The maximum Gasteiger partial charge on any atom is 0.328 e. The van der Waals surface area contributed by atoms with Crippen LogP contribution in [-0.4, -0.2) is 38.7 Å². The van der Waals surface area contributed by atoms with E-state index in [-0.39, 0.29) is 6.54 Å². The predicted molar refractivity (Wildman–Crippen MR) is 99.4 cm³/mol. The number of nitrogens with one attached hydrogen (secondary N) is 1. The molecule has 0 aliphatic rings. The monoisotopic (exact) mass is 403 g/mol. The first-order valence-electron chi connectivity index (χ1n) is 7.79. The van der Waals surface area contributed by atoms with Crippen LogP contribution in [0.5, 0.6) is 0 Å². The Hall–Kier alpha value is -2.91. The number of nitrogens with zero attached hydrogens (tertiary/aromatic N) is 4. The first kappa shape index (κ1) is 18.9. The normalized spacial score (nSPS) is 10.4. The maximum atomic E-state index is 12.1. The van der Waals surface area contributed by atoms with E-state index < -0.39 is 18.5 Å². The van der Waals surface area contributed by atoms with E-state index in [2.05, 4.69) is 20.8 Å². The average Bonchev–Trinajstić information content (AvgIpc) is 3.16. The number of hydrogen-bond acceptors (Lipinski definition) is 7. The highest BCUT2D eigenvalue weighted by atomic mass is 35.5. The zero-order chi connectivity index (χ0) is 19.1. The SMILES string of the molecule is O=C(COC(=O)Cn1cnnn1)Nc1ccccc1Sc1ccc(Cl)cc1. The summed E-state index contributed by atoms with van der Waals surface area (Å²) in [5.41, 5.74) is 0.624. The second kappa shape index (κ2) is 9.15. The molecule has 10 heteroatoms. The Bertz CT molecular complexity index is 919. The van der Waals surface area contributed by atoms with Crippen LogP contribution in [0.2, 0.25) is 5.02 Å². The summed E-state index contributed by atoms with van der Waals surface area (Å²) in [6.07, 6.45) is 1.28. The first-order chi connectivity index (χ1) is 13.1. The van der Waals surface area contributed by atoms with Gasteiger partial charge in [-0.15, -0.1) is 5.10 Å². The number of carbonyl (C=O) groups is 2. The summed E-state index contributed by atoms with van der Waals surface area (Å²) in [6, 6.07) is 14.7. The highest BCUT2D eigenvalue weighted by molar-refractivity contribution is 7.99. The summed E-state index contributed by atoms with van der Waals surface area (Å²) in [5, 5.41) is 13.8. The minimum absolute atomic E-state index is 0.163. The second-order valence-corrected chi connectivity index (χ2v) is 6.82. The van der Waals surface area contributed by atoms with Gasteiger partial charge in [-0.2, -0.15) is 0 Å². The summed E-state index contributed by atoms with van der Waals surface area (Å²) in [4.78, 5) is 25.6. The van der Waals surface area contributed by atoms with Crippen molar-refractivity contribution >= 4 is 40.9 Å². The van der Waals surface area contributed by atoms with Crippen LogP contribution < -0.4 is 5.32 Å². The van der Waals surface area contributed by atoms with Crippen LogP contribution in [0, 0.1) is 0 Å². The van der Waals surface area contributed by atoms with Crippen LogP contribution in [0.3, 0.4) is 0 Å². The summed E-state index contributed by atoms with van der Waals surface area (Å²) < 4.78 is 6.14. The third-order valence-electron chi connectivity index (χ3n) is 3.25. The number of halogens is 1. The van der Waals surface area contributed by atoms with Crippen LogP contribution in [0.4, 0.5) is 5.69 Å². The molecule has 0 aliphatic carbocycles. The highest BCUT2D eigenvalue weighted by Gasteiger charge is 2.11. The van der Waals surface area contributed by atoms with Crippen molar-refractivity contribution < 1.29 is 14.3 Å². The standard InChI is InChI=1S/C17H14ClN5O3S/c18-12-5-7-13(8-6-12)27-15-4-2-1-3-14(15)20-16(24)10-26-17(25)9-23-11-19-21-22-23/h1-8,11H,9-10H2,(H,20,24). The minimum Gasteiger partial charge on any atom is -0.454 e. The van der Waals surface area contributed by atoms with Gasteiger partial charge in [-0.05, 0) is 46.8 Å². The quantitative estimate of drug-likeness (QED) is 0.605. The van der Waals surface area contributed by atoms with Crippen LogP contribution in [0.15, 0.2) is 64.6 Å². The van der Waals surface area contributed by atoms with Crippen molar-refractivity contribution in [1.29, 1.82) is 0 Å². The Kier molecular flexibility index (Phi) is 6.39. The van der Waals surface area contributed by atoms with E-state index in [9.17, 15) is 9.59 Å². The third-order valence-corrected chi connectivity index (χ3v) is 4.59. The number of aromatic nitrogens is 4. The number of carbonyl (C=O) groups excluding carboxylic acids is 2. The molecule has 0 spiro atoms. The summed E-state index contributed by atoms with van der Waals surface area (Å²) in [5.74, 6) is -1.05. The molecular formula is C17H14ClN5O3S. The van der Waals surface area contributed by atoms with E-state index >= 15 is 0 Å². The maximum absolute atomic E-state index is 12.1. The molecule has 138 valence electrons.